The summed E-state index contributed by atoms with van der Waals surface area (Å²) < 4.78 is 5.01. The lowest BCUT2D eigenvalue weighted by atomic mass is 10.4. The van der Waals surface area contributed by atoms with Gasteiger partial charge in [-0.3, -0.25) is 0 Å². The third kappa shape index (κ3) is 1.11. The molecule has 2 aromatic rings. The molecule has 0 amide bonds. The molecule has 1 N–H and O–H groups in total. The quantitative estimate of drug-likeness (QED) is 0.732. The van der Waals surface area contributed by atoms with Gasteiger partial charge in [0.15, 0.2) is 5.82 Å². The maximum Gasteiger partial charge on any atom is 0.274 e. The van der Waals surface area contributed by atoms with Crippen LogP contribution in [0.3, 0.4) is 0 Å². The number of nitrogens with one attached hydrogen (secondary N) is 1. The van der Waals surface area contributed by atoms with E-state index in [1.807, 2.05) is 25.3 Å². The molecule has 0 bridgehead atoms. The lowest BCUT2D eigenvalue weighted by Gasteiger charge is -1.83. The van der Waals surface area contributed by atoms with Crippen molar-refractivity contribution in [3.63, 3.8) is 0 Å². The number of aryl methyl sites for hydroxylation is 1. The van der Waals surface area contributed by atoms with Gasteiger partial charge in [0.25, 0.3) is 5.89 Å². The van der Waals surface area contributed by atoms with Crippen LogP contribution in [0.4, 0.5) is 0 Å². The maximum absolute atomic E-state index is 5.01. The molecule has 0 aliphatic rings. The molecule has 2 heterocycles. The number of aromatic amines is 1. The van der Waals surface area contributed by atoms with Gasteiger partial charge in [0.05, 0.1) is 0 Å². The Bertz CT molecular complexity index is 350. The number of H-pyrrole nitrogens is 1. The standard InChI is InChI=1S/C8H9N3O/c1-2-7-10-8(12-11-7)6-4-3-5-9-6/h3-5,9H,2H2,1H3. The van der Waals surface area contributed by atoms with Gasteiger partial charge < -0.3 is 9.51 Å². The summed E-state index contributed by atoms with van der Waals surface area (Å²) in [6, 6.07) is 3.79. The van der Waals surface area contributed by atoms with Gasteiger partial charge in [-0.05, 0) is 12.1 Å². The molecular weight excluding hydrogens is 154 g/mol. The van der Waals surface area contributed by atoms with Crippen molar-refractivity contribution in [1.82, 2.24) is 15.1 Å². The molecule has 2 aromatic heterocycles. The van der Waals surface area contributed by atoms with Crippen LogP contribution in [0.1, 0.15) is 12.7 Å². The number of hydrogen-bond acceptors (Lipinski definition) is 3. The normalized spacial score (nSPS) is 10.4. The van der Waals surface area contributed by atoms with E-state index in [1.165, 1.54) is 0 Å². The van der Waals surface area contributed by atoms with Crippen molar-refractivity contribution in [1.29, 1.82) is 0 Å². The van der Waals surface area contributed by atoms with Crippen LogP contribution in [0, 0.1) is 0 Å². The summed E-state index contributed by atoms with van der Waals surface area (Å²) >= 11 is 0. The van der Waals surface area contributed by atoms with Crippen LogP contribution in [-0.4, -0.2) is 15.1 Å². The lowest BCUT2D eigenvalue weighted by molar-refractivity contribution is 0.422. The van der Waals surface area contributed by atoms with E-state index in [9.17, 15) is 0 Å². The van der Waals surface area contributed by atoms with E-state index in [2.05, 4.69) is 15.1 Å². The van der Waals surface area contributed by atoms with Gasteiger partial charge in [-0.15, -0.1) is 0 Å². The van der Waals surface area contributed by atoms with Crippen LogP contribution in [0.25, 0.3) is 11.6 Å². The number of hydrogen-bond donors (Lipinski definition) is 1. The van der Waals surface area contributed by atoms with E-state index in [0.29, 0.717) is 5.89 Å². The molecule has 4 nitrogen and oxygen atoms in total. The molecule has 0 spiro atoms. The van der Waals surface area contributed by atoms with Crippen LogP contribution >= 0.6 is 0 Å². The molecular formula is C8H9N3O. The van der Waals surface area contributed by atoms with E-state index in [-0.39, 0.29) is 0 Å². The van der Waals surface area contributed by atoms with Crippen LogP contribution in [0.2, 0.25) is 0 Å². The average Bonchev–Trinajstić information content (AvgIpc) is 2.75. The Balaban J connectivity index is 2.35. The molecule has 0 radical (unpaired) electrons. The van der Waals surface area contributed by atoms with Crippen LogP contribution in [0.15, 0.2) is 22.9 Å². The highest BCUT2D eigenvalue weighted by atomic mass is 16.5. The van der Waals surface area contributed by atoms with E-state index >= 15 is 0 Å². The monoisotopic (exact) mass is 163 g/mol. The SMILES string of the molecule is CCc1noc(-c2ccc[nH]2)n1. The number of aromatic nitrogens is 3. The Morgan fingerprint density at radius 2 is 2.50 bits per heavy atom. The fourth-order valence-corrected chi connectivity index (χ4v) is 0.970. The van der Waals surface area contributed by atoms with Crippen molar-refractivity contribution >= 4 is 0 Å². The molecule has 0 atom stereocenters. The average molecular weight is 163 g/mol. The first-order valence-corrected chi connectivity index (χ1v) is 3.86. The van der Waals surface area contributed by atoms with E-state index < -0.39 is 0 Å². The maximum atomic E-state index is 5.01. The van der Waals surface area contributed by atoms with E-state index in [1.54, 1.807) is 0 Å². The molecule has 0 unspecified atom stereocenters. The predicted octanol–water partition coefficient (Wildman–Crippen LogP) is 1.63. The summed E-state index contributed by atoms with van der Waals surface area (Å²) in [4.78, 5) is 7.16. The molecule has 0 aromatic carbocycles. The summed E-state index contributed by atoms with van der Waals surface area (Å²) in [5.74, 6) is 1.29. The minimum Gasteiger partial charge on any atom is -0.357 e. The lowest BCUT2D eigenvalue weighted by Crippen LogP contribution is -1.81. The Morgan fingerprint density at radius 3 is 3.08 bits per heavy atom. The zero-order valence-corrected chi connectivity index (χ0v) is 6.74. The number of rotatable bonds is 2. The second-order valence-corrected chi connectivity index (χ2v) is 2.45. The third-order valence-electron chi connectivity index (χ3n) is 1.61. The highest BCUT2D eigenvalue weighted by Crippen LogP contribution is 2.13. The minimum absolute atomic E-state index is 0.553. The van der Waals surface area contributed by atoms with Crippen LogP contribution in [-0.2, 0) is 6.42 Å². The molecule has 0 fully saturated rings. The van der Waals surface area contributed by atoms with Crippen LogP contribution < -0.4 is 0 Å². The Morgan fingerprint density at radius 1 is 1.58 bits per heavy atom. The molecule has 0 saturated heterocycles. The van der Waals surface area contributed by atoms with Crippen molar-refractivity contribution < 1.29 is 4.52 Å². The van der Waals surface area contributed by atoms with Crippen molar-refractivity contribution in [2.24, 2.45) is 0 Å². The molecule has 0 saturated carbocycles. The van der Waals surface area contributed by atoms with Gasteiger partial charge >= 0.3 is 0 Å². The molecule has 62 valence electrons. The minimum atomic E-state index is 0.553. The third-order valence-corrected chi connectivity index (χ3v) is 1.61. The Labute approximate surface area is 69.6 Å². The highest BCUT2D eigenvalue weighted by molar-refractivity contribution is 5.45. The Kier molecular flexibility index (Phi) is 1.66. The second-order valence-electron chi connectivity index (χ2n) is 2.45. The summed E-state index contributed by atoms with van der Waals surface area (Å²) in [5.41, 5.74) is 0.863. The first-order valence-electron chi connectivity index (χ1n) is 3.86. The van der Waals surface area contributed by atoms with Crippen molar-refractivity contribution in [2.45, 2.75) is 13.3 Å². The summed E-state index contributed by atoms with van der Waals surface area (Å²) in [7, 11) is 0. The first-order chi connectivity index (χ1) is 5.90. The zero-order valence-electron chi connectivity index (χ0n) is 6.74. The largest absolute Gasteiger partial charge is 0.357 e. The molecule has 2 rings (SSSR count). The Hall–Kier alpha value is -1.58. The predicted molar refractivity (Wildman–Crippen MR) is 43.5 cm³/mol. The van der Waals surface area contributed by atoms with Crippen molar-refractivity contribution in [3.8, 4) is 11.6 Å². The highest BCUT2D eigenvalue weighted by Gasteiger charge is 2.06. The van der Waals surface area contributed by atoms with Gasteiger partial charge in [0, 0.05) is 12.6 Å². The van der Waals surface area contributed by atoms with Crippen molar-refractivity contribution in [3.05, 3.63) is 24.2 Å². The first kappa shape index (κ1) is 7.09. The molecule has 0 aliphatic heterocycles. The van der Waals surface area contributed by atoms with E-state index in [0.717, 1.165) is 17.9 Å². The molecule has 4 heteroatoms. The van der Waals surface area contributed by atoms with E-state index in [4.69, 9.17) is 4.52 Å². The zero-order chi connectivity index (χ0) is 8.39. The smallest absolute Gasteiger partial charge is 0.274 e. The van der Waals surface area contributed by atoms with Gasteiger partial charge in [0.2, 0.25) is 0 Å². The van der Waals surface area contributed by atoms with Gasteiger partial charge in [-0.1, -0.05) is 12.1 Å². The fraction of sp³-hybridized carbons (Fsp3) is 0.250. The second kappa shape index (κ2) is 2.81. The van der Waals surface area contributed by atoms with Crippen LogP contribution in [0.5, 0.6) is 0 Å². The summed E-state index contributed by atoms with van der Waals surface area (Å²) in [6.45, 7) is 1.99. The fourth-order valence-electron chi connectivity index (χ4n) is 0.970. The summed E-state index contributed by atoms with van der Waals surface area (Å²) in [5, 5.41) is 3.78. The molecule has 12 heavy (non-hydrogen) atoms. The topological polar surface area (TPSA) is 54.7 Å². The van der Waals surface area contributed by atoms with Crippen molar-refractivity contribution in [2.75, 3.05) is 0 Å². The summed E-state index contributed by atoms with van der Waals surface area (Å²) in [6.07, 6.45) is 2.62. The number of nitrogens with zero attached hydrogens (tertiary/aromatic N) is 2. The van der Waals surface area contributed by atoms with Gasteiger partial charge in [-0.25, -0.2) is 0 Å². The van der Waals surface area contributed by atoms with Gasteiger partial charge in [-0.2, -0.15) is 4.98 Å². The van der Waals surface area contributed by atoms with Gasteiger partial charge in [0.1, 0.15) is 5.69 Å². The molecule has 0 aliphatic carbocycles.